The molecule has 0 unspecified atom stereocenters. The van der Waals surface area contributed by atoms with Gasteiger partial charge in [-0.25, -0.2) is 4.98 Å². The van der Waals surface area contributed by atoms with Crippen LogP contribution in [0.25, 0.3) is 0 Å². The van der Waals surface area contributed by atoms with Crippen molar-refractivity contribution >= 4 is 39.6 Å². The highest BCUT2D eigenvalue weighted by molar-refractivity contribution is 7.80. The van der Waals surface area contributed by atoms with E-state index in [-0.39, 0.29) is 10.9 Å². The summed E-state index contributed by atoms with van der Waals surface area (Å²) in [6.45, 7) is 1.86. The fourth-order valence-corrected chi connectivity index (χ4v) is 2.05. The van der Waals surface area contributed by atoms with Crippen molar-refractivity contribution in [3.05, 3.63) is 40.7 Å². The highest BCUT2D eigenvalue weighted by Gasteiger charge is 2.09. The van der Waals surface area contributed by atoms with E-state index in [1.54, 1.807) is 12.1 Å². The van der Waals surface area contributed by atoms with E-state index in [2.05, 4.69) is 15.3 Å². The zero-order valence-corrected chi connectivity index (χ0v) is 11.1. The first kappa shape index (κ1) is 12.6. The van der Waals surface area contributed by atoms with Gasteiger partial charge in [0, 0.05) is 17.1 Å². The van der Waals surface area contributed by atoms with Crippen molar-refractivity contribution < 1.29 is 4.79 Å². The Bertz CT molecular complexity index is 591. The van der Waals surface area contributed by atoms with E-state index in [4.69, 9.17) is 18.0 Å². The van der Waals surface area contributed by atoms with Gasteiger partial charge in [0.1, 0.15) is 10.7 Å². The number of aromatic nitrogens is 2. The maximum absolute atomic E-state index is 11.8. The first-order valence-corrected chi connectivity index (χ1v) is 6.34. The van der Waals surface area contributed by atoms with Crippen molar-refractivity contribution in [2.75, 3.05) is 5.32 Å². The molecular formula is C11H10N4OS2. The molecule has 0 spiro atoms. The minimum Gasteiger partial charge on any atom is -0.389 e. The lowest BCUT2D eigenvalue weighted by atomic mass is 10.2. The second-order valence-electron chi connectivity index (χ2n) is 3.54. The minimum absolute atomic E-state index is 0.255. The maximum atomic E-state index is 11.8. The van der Waals surface area contributed by atoms with Gasteiger partial charge in [0.25, 0.3) is 5.91 Å². The summed E-state index contributed by atoms with van der Waals surface area (Å²) in [5.74, 6) is -0.307. The highest BCUT2D eigenvalue weighted by Crippen LogP contribution is 2.15. The number of carbonyl (C=O) groups is 1. The molecule has 0 aliphatic rings. The third-order valence-corrected chi connectivity index (χ3v) is 3.23. The summed E-state index contributed by atoms with van der Waals surface area (Å²) in [6.07, 6.45) is 1.48. The molecule has 2 rings (SSSR count). The van der Waals surface area contributed by atoms with Gasteiger partial charge in [-0.05, 0) is 19.1 Å². The molecule has 18 heavy (non-hydrogen) atoms. The Labute approximate surface area is 113 Å². The summed E-state index contributed by atoms with van der Waals surface area (Å²) in [5.41, 5.74) is 7.24. The van der Waals surface area contributed by atoms with Crippen LogP contribution in [0.1, 0.15) is 21.7 Å². The lowest BCUT2D eigenvalue weighted by Gasteiger charge is -2.02. The number of hydrogen-bond donors (Lipinski definition) is 2. The molecule has 2 aromatic heterocycles. The lowest BCUT2D eigenvalue weighted by Crippen LogP contribution is -2.15. The van der Waals surface area contributed by atoms with E-state index >= 15 is 0 Å². The molecule has 2 heterocycles. The van der Waals surface area contributed by atoms with Crippen molar-refractivity contribution in [1.82, 2.24) is 9.97 Å². The Hall–Kier alpha value is -1.86. The van der Waals surface area contributed by atoms with Gasteiger partial charge >= 0.3 is 0 Å². The molecule has 0 radical (unpaired) electrons. The number of nitrogens with one attached hydrogen (secondary N) is 1. The highest BCUT2D eigenvalue weighted by atomic mass is 32.1. The van der Waals surface area contributed by atoms with E-state index in [1.807, 2.05) is 12.3 Å². The van der Waals surface area contributed by atoms with Gasteiger partial charge < -0.3 is 5.73 Å². The van der Waals surface area contributed by atoms with Crippen LogP contribution in [0.3, 0.4) is 0 Å². The fourth-order valence-electron chi connectivity index (χ4n) is 1.25. The molecular weight excluding hydrogens is 268 g/mol. The van der Waals surface area contributed by atoms with Crippen LogP contribution in [-0.2, 0) is 0 Å². The molecule has 1 amide bonds. The first-order valence-electron chi connectivity index (χ1n) is 5.05. The molecule has 0 bridgehead atoms. The molecule has 5 nitrogen and oxygen atoms in total. The van der Waals surface area contributed by atoms with Gasteiger partial charge in [-0.15, -0.1) is 11.3 Å². The molecule has 7 heteroatoms. The number of amides is 1. The van der Waals surface area contributed by atoms with Crippen molar-refractivity contribution in [3.63, 3.8) is 0 Å². The normalized spacial score (nSPS) is 10.1. The number of anilines is 1. The lowest BCUT2D eigenvalue weighted by molar-refractivity contribution is 0.102. The molecule has 2 aromatic rings. The third-order valence-electron chi connectivity index (χ3n) is 2.12. The second kappa shape index (κ2) is 5.19. The summed E-state index contributed by atoms with van der Waals surface area (Å²) in [7, 11) is 0. The van der Waals surface area contributed by atoms with Crippen LogP contribution in [0.4, 0.5) is 5.13 Å². The molecule has 3 N–H and O–H groups in total. The van der Waals surface area contributed by atoms with Crippen molar-refractivity contribution in [1.29, 1.82) is 0 Å². The van der Waals surface area contributed by atoms with Crippen molar-refractivity contribution in [2.45, 2.75) is 6.92 Å². The van der Waals surface area contributed by atoms with Crippen LogP contribution < -0.4 is 11.1 Å². The maximum Gasteiger partial charge on any atom is 0.276 e. The van der Waals surface area contributed by atoms with Crippen LogP contribution in [-0.4, -0.2) is 20.9 Å². The predicted octanol–water partition coefficient (Wildman–Crippen LogP) is 1.73. The predicted molar refractivity (Wildman–Crippen MR) is 74.9 cm³/mol. The molecule has 0 saturated carbocycles. The smallest absolute Gasteiger partial charge is 0.276 e. The number of pyridine rings is 1. The number of carbonyl (C=O) groups excluding carboxylic acids is 1. The summed E-state index contributed by atoms with van der Waals surface area (Å²) in [5, 5.41) is 5.08. The molecule has 0 aromatic carbocycles. The Balaban J connectivity index is 2.11. The monoisotopic (exact) mass is 278 g/mol. The minimum atomic E-state index is -0.307. The van der Waals surface area contributed by atoms with E-state index in [9.17, 15) is 4.79 Å². The quantitative estimate of drug-likeness (QED) is 0.836. The van der Waals surface area contributed by atoms with Gasteiger partial charge in [0.2, 0.25) is 0 Å². The Morgan fingerprint density at radius 1 is 1.50 bits per heavy atom. The van der Waals surface area contributed by atoms with E-state index in [1.165, 1.54) is 17.5 Å². The van der Waals surface area contributed by atoms with Gasteiger partial charge in [-0.2, -0.15) is 0 Å². The van der Waals surface area contributed by atoms with Crippen LogP contribution in [0.5, 0.6) is 0 Å². The topological polar surface area (TPSA) is 80.9 Å². The standard InChI is InChI=1S/C11H10N4OS2/c1-6-5-18-11(14-6)15-10(16)8-3-2-7(4-13-8)9(12)17/h2-5H,1H3,(H2,12,17)(H,14,15,16). The summed E-state index contributed by atoms with van der Waals surface area (Å²) in [4.78, 5) is 20.2. The largest absolute Gasteiger partial charge is 0.389 e. The van der Waals surface area contributed by atoms with E-state index in [0.29, 0.717) is 16.4 Å². The Morgan fingerprint density at radius 3 is 2.78 bits per heavy atom. The number of nitrogens with two attached hydrogens (primary N) is 1. The zero-order chi connectivity index (χ0) is 13.1. The molecule has 0 fully saturated rings. The Kier molecular flexibility index (Phi) is 3.63. The molecule has 0 aliphatic carbocycles. The van der Waals surface area contributed by atoms with Crippen LogP contribution in [0.15, 0.2) is 23.7 Å². The number of nitrogens with zero attached hydrogens (tertiary/aromatic N) is 2. The zero-order valence-electron chi connectivity index (χ0n) is 9.51. The number of rotatable bonds is 3. The molecule has 0 saturated heterocycles. The number of thiazole rings is 1. The summed E-state index contributed by atoms with van der Waals surface area (Å²) in [6, 6.07) is 3.24. The summed E-state index contributed by atoms with van der Waals surface area (Å²) >= 11 is 6.18. The first-order chi connectivity index (χ1) is 8.56. The fraction of sp³-hybridized carbons (Fsp3) is 0.0909. The van der Waals surface area contributed by atoms with Gasteiger partial charge in [0.15, 0.2) is 5.13 Å². The van der Waals surface area contributed by atoms with Gasteiger partial charge in [0.05, 0.1) is 5.69 Å². The SMILES string of the molecule is Cc1csc(NC(=O)c2ccc(C(N)=S)cn2)n1. The average molecular weight is 278 g/mol. The summed E-state index contributed by atoms with van der Waals surface area (Å²) < 4.78 is 0. The van der Waals surface area contributed by atoms with Crippen molar-refractivity contribution in [3.8, 4) is 0 Å². The van der Waals surface area contributed by atoms with Gasteiger partial charge in [-0.3, -0.25) is 15.1 Å². The average Bonchev–Trinajstić information content (AvgIpc) is 2.75. The Morgan fingerprint density at radius 2 is 2.28 bits per heavy atom. The molecule has 0 atom stereocenters. The van der Waals surface area contributed by atoms with Crippen LogP contribution in [0.2, 0.25) is 0 Å². The number of aryl methyl sites for hydroxylation is 1. The van der Waals surface area contributed by atoms with Crippen molar-refractivity contribution in [2.24, 2.45) is 5.73 Å². The number of hydrogen-bond acceptors (Lipinski definition) is 5. The van der Waals surface area contributed by atoms with Crippen LogP contribution >= 0.6 is 23.6 Å². The van der Waals surface area contributed by atoms with E-state index in [0.717, 1.165) is 5.69 Å². The second-order valence-corrected chi connectivity index (χ2v) is 4.84. The van der Waals surface area contributed by atoms with E-state index < -0.39 is 0 Å². The van der Waals surface area contributed by atoms with Gasteiger partial charge in [-0.1, -0.05) is 12.2 Å². The number of thiocarbonyl (C=S) groups is 1. The molecule has 0 aliphatic heterocycles. The third kappa shape index (κ3) is 2.88. The molecule has 92 valence electrons. The van der Waals surface area contributed by atoms with Crippen LogP contribution in [0, 0.1) is 6.92 Å².